The summed E-state index contributed by atoms with van der Waals surface area (Å²) in [5.74, 6) is 1.62. The third kappa shape index (κ3) is 5.49. The van der Waals surface area contributed by atoms with Crippen molar-refractivity contribution in [2.45, 2.75) is 26.9 Å². The molecule has 0 aromatic heterocycles. The Kier molecular flexibility index (Phi) is 7.63. The number of carbonyl (C=O) groups excluding carboxylic acids is 1. The van der Waals surface area contributed by atoms with Gasteiger partial charge in [-0.25, -0.2) is 0 Å². The van der Waals surface area contributed by atoms with Crippen molar-refractivity contribution in [3.05, 3.63) is 82.9 Å². The van der Waals surface area contributed by atoms with Gasteiger partial charge in [0.1, 0.15) is 24.4 Å². The van der Waals surface area contributed by atoms with Crippen LogP contribution in [-0.4, -0.2) is 26.6 Å². The molecule has 0 spiro atoms. The molecule has 3 aromatic carbocycles. The lowest BCUT2D eigenvalue weighted by atomic mass is 9.94. The first-order chi connectivity index (χ1) is 14.6. The number of hydrogen-bond acceptors (Lipinski definition) is 4. The number of hydrogen-bond donors (Lipinski definition) is 0. The van der Waals surface area contributed by atoms with Gasteiger partial charge in [0.25, 0.3) is 0 Å². The third-order valence-electron chi connectivity index (χ3n) is 5.11. The van der Waals surface area contributed by atoms with E-state index in [1.54, 1.807) is 19.2 Å². The highest BCUT2D eigenvalue weighted by Gasteiger charge is 2.10. The second kappa shape index (κ2) is 10.6. The van der Waals surface area contributed by atoms with Crippen LogP contribution in [0.3, 0.4) is 0 Å². The molecule has 3 aromatic rings. The van der Waals surface area contributed by atoms with E-state index in [0.717, 1.165) is 29.8 Å². The Morgan fingerprint density at radius 1 is 0.833 bits per heavy atom. The van der Waals surface area contributed by atoms with E-state index < -0.39 is 0 Å². The van der Waals surface area contributed by atoms with Crippen LogP contribution in [0, 0.1) is 13.8 Å². The van der Waals surface area contributed by atoms with Gasteiger partial charge in [-0.3, -0.25) is 4.79 Å². The lowest BCUT2D eigenvalue weighted by Gasteiger charge is -2.15. The Morgan fingerprint density at radius 3 is 2.30 bits per heavy atom. The van der Waals surface area contributed by atoms with Crippen LogP contribution in [0.5, 0.6) is 11.5 Å². The topological polar surface area (TPSA) is 44.8 Å². The van der Waals surface area contributed by atoms with E-state index in [1.165, 1.54) is 22.3 Å². The van der Waals surface area contributed by atoms with Gasteiger partial charge in [-0.15, -0.1) is 0 Å². The normalized spacial score (nSPS) is 10.6. The SMILES string of the molecule is COCCCOc1ccc(-c2cccc(COc3ccc(C=O)cc3)c2C)c(C)c1. The average Bonchev–Trinajstić information content (AvgIpc) is 2.77. The van der Waals surface area contributed by atoms with Crippen molar-refractivity contribution < 1.29 is 19.0 Å². The molecule has 0 fully saturated rings. The predicted molar refractivity (Wildman–Crippen MR) is 120 cm³/mol. The molecule has 0 radical (unpaired) electrons. The maximum absolute atomic E-state index is 10.8. The van der Waals surface area contributed by atoms with Crippen molar-refractivity contribution in [1.29, 1.82) is 0 Å². The lowest BCUT2D eigenvalue weighted by Crippen LogP contribution is -2.02. The van der Waals surface area contributed by atoms with E-state index in [2.05, 4.69) is 44.2 Å². The van der Waals surface area contributed by atoms with Crippen LogP contribution in [-0.2, 0) is 11.3 Å². The van der Waals surface area contributed by atoms with Crippen molar-refractivity contribution >= 4 is 6.29 Å². The van der Waals surface area contributed by atoms with Crippen LogP contribution in [0.4, 0.5) is 0 Å². The van der Waals surface area contributed by atoms with Crippen molar-refractivity contribution in [1.82, 2.24) is 0 Å². The molecule has 0 aliphatic carbocycles. The summed E-state index contributed by atoms with van der Waals surface area (Å²) in [4.78, 5) is 10.8. The van der Waals surface area contributed by atoms with Gasteiger partial charge in [0.15, 0.2) is 0 Å². The first-order valence-corrected chi connectivity index (χ1v) is 10.1. The maximum atomic E-state index is 10.8. The Hall–Kier alpha value is -3.11. The molecule has 0 amide bonds. The number of benzene rings is 3. The standard InChI is InChI=1S/C26H28O4/c1-19-16-24(29-15-5-14-28-3)12-13-25(19)26-7-4-6-22(20(26)2)18-30-23-10-8-21(17-27)9-11-23/h4,6-13,16-17H,5,14-15,18H2,1-3H3. The smallest absolute Gasteiger partial charge is 0.150 e. The van der Waals surface area contributed by atoms with Crippen LogP contribution in [0.2, 0.25) is 0 Å². The Morgan fingerprint density at radius 2 is 1.60 bits per heavy atom. The number of ether oxygens (including phenoxy) is 3. The van der Waals surface area contributed by atoms with Gasteiger partial charge in [-0.05, 0) is 78.1 Å². The molecule has 0 bridgehead atoms. The fourth-order valence-electron chi connectivity index (χ4n) is 3.36. The second-order valence-electron chi connectivity index (χ2n) is 7.24. The van der Waals surface area contributed by atoms with Crippen molar-refractivity contribution in [2.24, 2.45) is 0 Å². The minimum Gasteiger partial charge on any atom is -0.493 e. The molecule has 0 saturated heterocycles. The summed E-state index contributed by atoms with van der Waals surface area (Å²) < 4.78 is 16.8. The van der Waals surface area contributed by atoms with E-state index in [0.29, 0.717) is 25.4 Å². The van der Waals surface area contributed by atoms with E-state index >= 15 is 0 Å². The van der Waals surface area contributed by atoms with E-state index in [1.807, 2.05) is 18.2 Å². The third-order valence-corrected chi connectivity index (χ3v) is 5.11. The zero-order chi connectivity index (χ0) is 21.3. The number of rotatable bonds is 10. The summed E-state index contributed by atoms with van der Waals surface area (Å²) in [5, 5.41) is 0. The van der Waals surface area contributed by atoms with Gasteiger partial charge < -0.3 is 14.2 Å². The average molecular weight is 405 g/mol. The number of aldehydes is 1. The number of carbonyl (C=O) groups is 1. The van der Waals surface area contributed by atoms with Crippen molar-refractivity contribution in [3.63, 3.8) is 0 Å². The van der Waals surface area contributed by atoms with E-state index in [9.17, 15) is 4.79 Å². The highest BCUT2D eigenvalue weighted by atomic mass is 16.5. The summed E-state index contributed by atoms with van der Waals surface area (Å²) in [6, 6.07) is 19.7. The fourth-order valence-corrected chi connectivity index (χ4v) is 3.36. The molecule has 4 heteroatoms. The molecule has 0 atom stereocenters. The quantitative estimate of drug-likeness (QED) is 0.317. The van der Waals surface area contributed by atoms with Gasteiger partial charge in [0, 0.05) is 25.7 Å². The molecule has 0 aliphatic heterocycles. The first kappa shape index (κ1) is 21.6. The molecule has 30 heavy (non-hydrogen) atoms. The zero-order valence-electron chi connectivity index (χ0n) is 17.8. The molecular weight excluding hydrogens is 376 g/mol. The van der Waals surface area contributed by atoms with Gasteiger partial charge in [0.05, 0.1) is 6.61 Å². The Labute approximate surface area is 178 Å². The molecule has 3 rings (SSSR count). The van der Waals surface area contributed by atoms with Crippen LogP contribution in [0.1, 0.15) is 33.5 Å². The first-order valence-electron chi connectivity index (χ1n) is 10.1. The molecule has 0 aliphatic rings. The highest BCUT2D eigenvalue weighted by Crippen LogP contribution is 2.31. The Balaban J connectivity index is 1.72. The van der Waals surface area contributed by atoms with Gasteiger partial charge in [0.2, 0.25) is 0 Å². The van der Waals surface area contributed by atoms with Gasteiger partial charge >= 0.3 is 0 Å². The summed E-state index contributed by atoms with van der Waals surface area (Å²) in [6.07, 6.45) is 1.70. The maximum Gasteiger partial charge on any atom is 0.150 e. The summed E-state index contributed by atoms with van der Waals surface area (Å²) in [6.45, 7) is 6.05. The second-order valence-corrected chi connectivity index (χ2v) is 7.24. The van der Waals surface area contributed by atoms with Crippen molar-refractivity contribution in [2.75, 3.05) is 20.3 Å². The van der Waals surface area contributed by atoms with Crippen LogP contribution >= 0.6 is 0 Å². The monoisotopic (exact) mass is 404 g/mol. The van der Waals surface area contributed by atoms with E-state index in [-0.39, 0.29) is 0 Å². The molecular formula is C26H28O4. The van der Waals surface area contributed by atoms with Gasteiger partial charge in [-0.2, -0.15) is 0 Å². The number of methoxy groups -OCH3 is 1. The molecule has 4 nitrogen and oxygen atoms in total. The summed E-state index contributed by atoms with van der Waals surface area (Å²) in [7, 11) is 1.70. The Bertz CT molecular complexity index is 977. The minimum atomic E-state index is 0.472. The van der Waals surface area contributed by atoms with Crippen LogP contribution < -0.4 is 9.47 Å². The van der Waals surface area contributed by atoms with Crippen LogP contribution in [0.25, 0.3) is 11.1 Å². The molecule has 0 unspecified atom stereocenters. The highest BCUT2D eigenvalue weighted by molar-refractivity contribution is 5.75. The zero-order valence-corrected chi connectivity index (χ0v) is 17.8. The molecule has 0 heterocycles. The summed E-state index contributed by atoms with van der Waals surface area (Å²) >= 11 is 0. The fraction of sp³-hybridized carbons (Fsp3) is 0.269. The van der Waals surface area contributed by atoms with Crippen LogP contribution in [0.15, 0.2) is 60.7 Å². The summed E-state index contributed by atoms with van der Waals surface area (Å²) in [5.41, 5.74) is 6.52. The van der Waals surface area contributed by atoms with E-state index in [4.69, 9.17) is 14.2 Å². The van der Waals surface area contributed by atoms with Crippen molar-refractivity contribution in [3.8, 4) is 22.6 Å². The largest absolute Gasteiger partial charge is 0.493 e. The minimum absolute atomic E-state index is 0.472. The predicted octanol–water partition coefficient (Wildman–Crippen LogP) is 5.78. The molecule has 0 N–H and O–H groups in total. The number of aryl methyl sites for hydroxylation is 1. The molecule has 0 saturated carbocycles. The van der Waals surface area contributed by atoms with Gasteiger partial charge in [-0.1, -0.05) is 24.3 Å². The molecule has 156 valence electrons. The lowest BCUT2D eigenvalue weighted by molar-refractivity contribution is 0.112.